The van der Waals surface area contributed by atoms with Crippen LogP contribution >= 0.6 is 23.4 Å². The van der Waals surface area contributed by atoms with Gasteiger partial charge in [-0.25, -0.2) is 0 Å². The third kappa shape index (κ3) is 4.99. The average Bonchev–Trinajstić information content (AvgIpc) is 3.10. The summed E-state index contributed by atoms with van der Waals surface area (Å²) < 4.78 is 7.03. The Balaban J connectivity index is 1.69. The molecule has 0 aliphatic heterocycles. The average molecular weight is 404 g/mol. The van der Waals surface area contributed by atoms with E-state index in [9.17, 15) is 4.79 Å². The summed E-state index contributed by atoms with van der Waals surface area (Å²) in [4.78, 5) is 12.4. The Morgan fingerprint density at radius 2 is 2.07 bits per heavy atom. The molecule has 7 nitrogen and oxygen atoms in total. The van der Waals surface area contributed by atoms with Gasteiger partial charge in [0, 0.05) is 10.7 Å². The third-order valence-corrected chi connectivity index (χ3v) is 4.84. The van der Waals surface area contributed by atoms with Gasteiger partial charge in [0.05, 0.1) is 17.5 Å². The van der Waals surface area contributed by atoms with E-state index in [4.69, 9.17) is 16.3 Å². The fourth-order valence-corrected chi connectivity index (χ4v) is 3.28. The molecule has 0 bridgehead atoms. The van der Waals surface area contributed by atoms with E-state index in [1.54, 1.807) is 35.9 Å². The summed E-state index contributed by atoms with van der Waals surface area (Å²) in [6, 6.07) is 14.4. The number of anilines is 1. The summed E-state index contributed by atoms with van der Waals surface area (Å²) >= 11 is 7.22. The van der Waals surface area contributed by atoms with Crippen molar-refractivity contribution in [1.82, 2.24) is 20.2 Å². The Morgan fingerprint density at radius 1 is 1.30 bits per heavy atom. The molecule has 140 valence electrons. The Bertz CT molecular complexity index is 916. The van der Waals surface area contributed by atoms with E-state index in [-0.39, 0.29) is 5.91 Å². The lowest BCUT2D eigenvalue weighted by Crippen LogP contribution is -2.22. The number of nitrogens with one attached hydrogen (secondary N) is 1. The predicted octanol–water partition coefficient (Wildman–Crippen LogP) is 3.83. The smallest absolute Gasteiger partial charge is 0.237 e. The summed E-state index contributed by atoms with van der Waals surface area (Å²) in [5.41, 5.74) is 1.43. The van der Waals surface area contributed by atoms with Gasteiger partial charge in [-0.3, -0.25) is 4.79 Å². The van der Waals surface area contributed by atoms with Crippen molar-refractivity contribution in [3.8, 4) is 11.4 Å². The van der Waals surface area contributed by atoms with E-state index in [2.05, 4.69) is 20.8 Å². The number of aromatic nitrogens is 4. The number of hydrogen-bond acceptors (Lipinski definition) is 6. The van der Waals surface area contributed by atoms with Gasteiger partial charge in [-0.05, 0) is 66.7 Å². The first kappa shape index (κ1) is 19.2. The van der Waals surface area contributed by atoms with Crippen molar-refractivity contribution in [3.63, 3.8) is 0 Å². The lowest BCUT2D eigenvalue weighted by molar-refractivity contribution is -0.115. The molecule has 1 atom stereocenters. The highest BCUT2D eigenvalue weighted by atomic mass is 35.5. The molecular weight excluding hydrogens is 386 g/mol. The van der Waals surface area contributed by atoms with Crippen LogP contribution in [0.15, 0.2) is 53.7 Å². The first-order valence-electron chi connectivity index (χ1n) is 8.31. The minimum atomic E-state index is -0.406. The first-order valence-corrected chi connectivity index (χ1v) is 9.57. The molecule has 0 aliphatic carbocycles. The Hall–Kier alpha value is -2.58. The van der Waals surface area contributed by atoms with Crippen molar-refractivity contribution in [1.29, 1.82) is 0 Å². The predicted molar refractivity (Wildman–Crippen MR) is 106 cm³/mol. The molecule has 0 spiro atoms. The Kier molecular flexibility index (Phi) is 6.31. The van der Waals surface area contributed by atoms with Gasteiger partial charge in [0.25, 0.3) is 0 Å². The number of carbonyl (C=O) groups is 1. The number of tetrazole rings is 1. The van der Waals surface area contributed by atoms with Gasteiger partial charge in [-0.1, -0.05) is 29.4 Å². The van der Waals surface area contributed by atoms with Gasteiger partial charge in [-0.2, -0.15) is 4.68 Å². The normalized spacial score (nSPS) is 11.8. The molecule has 0 radical (unpaired) electrons. The second kappa shape index (κ2) is 8.88. The summed E-state index contributed by atoms with van der Waals surface area (Å²) in [7, 11) is 0. The number of halogens is 1. The molecule has 9 heteroatoms. The number of amides is 1. The molecule has 1 heterocycles. The maximum atomic E-state index is 12.4. The van der Waals surface area contributed by atoms with Crippen LogP contribution in [0.1, 0.15) is 13.8 Å². The van der Waals surface area contributed by atoms with Crippen LogP contribution in [0.5, 0.6) is 5.75 Å². The standard InChI is InChI=1S/C18H18ClN5O2S/c1-3-26-16-9-7-15(8-10-16)24-18(21-22-23-24)27-12(2)17(25)20-14-6-4-5-13(19)11-14/h4-12H,3H2,1-2H3,(H,20,25)/t12-/m1/s1. The van der Waals surface area contributed by atoms with E-state index in [1.807, 2.05) is 31.2 Å². The zero-order chi connectivity index (χ0) is 19.2. The van der Waals surface area contributed by atoms with Crippen LogP contribution in [-0.4, -0.2) is 38.0 Å². The number of nitrogens with zero attached hydrogens (tertiary/aromatic N) is 4. The van der Waals surface area contributed by atoms with Crippen molar-refractivity contribution >= 4 is 35.0 Å². The lowest BCUT2D eigenvalue weighted by atomic mass is 10.3. The van der Waals surface area contributed by atoms with Crippen LogP contribution in [0.4, 0.5) is 5.69 Å². The number of ether oxygens (including phenoxy) is 1. The van der Waals surface area contributed by atoms with E-state index < -0.39 is 5.25 Å². The van der Waals surface area contributed by atoms with Gasteiger partial charge in [0.1, 0.15) is 5.75 Å². The largest absolute Gasteiger partial charge is 0.494 e. The maximum Gasteiger partial charge on any atom is 0.237 e. The molecule has 1 amide bonds. The van der Waals surface area contributed by atoms with Crippen LogP contribution in [-0.2, 0) is 4.79 Å². The van der Waals surface area contributed by atoms with Gasteiger partial charge in [0.15, 0.2) is 0 Å². The zero-order valence-electron chi connectivity index (χ0n) is 14.8. The van der Waals surface area contributed by atoms with E-state index in [0.29, 0.717) is 22.5 Å². The summed E-state index contributed by atoms with van der Waals surface area (Å²) in [6.45, 7) is 4.33. The molecule has 0 saturated heterocycles. The Morgan fingerprint density at radius 3 is 2.78 bits per heavy atom. The highest BCUT2D eigenvalue weighted by Gasteiger charge is 2.19. The van der Waals surface area contributed by atoms with Crippen LogP contribution in [0.25, 0.3) is 5.69 Å². The highest BCUT2D eigenvalue weighted by molar-refractivity contribution is 8.00. The van der Waals surface area contributed by atoms with Gasteiger partial charge in [0.2, 0.25) is 11.1 Å². The van der Waals surface area contributed by atoms with Crippen molar-refractivity contribution in [2.24, 2.45) is 0 Å². The number of thioether (sulfide) groups is 1. The molecule has 0 aliphatic rings. The third-order valence-electron chi connectivity index (χ3n) is 3.58. The van der Waals surface area contributed by atoms with Crippen molar-refractivity contribution in [2.45, 2.75) is 24.3 Å². The van der Waals surface area contributed by atoms with E-state index in [0.717, 1.165) is 11.4 Å². The summed E-state index contributed by atoms with van der Waals surface area (Å²) in [5, 5.41) is 15.3. The molecular formula is C18H18ClN5O2S. The topological polar surface area (TPSA) is 81.9 Å². The second-order valence-electron chi connectivity index (χ2n) is 5.56. The minimum absolute atomic E-state index is 0.163. The molecule has 0 unspecified atom stereocenters. The summed E-state index contributed by atoms with van der Waals surface area (Å²) in [6.07, 6.45) is 0. The van der Waals surface area contributed by atoms with Crippen LogP contribution in [0.3, 0.4) is 0 Å². The maximum absolute atomic E-state index is 12.4. The fraction of sp³-hybridized carbons (Fsp3) is 0.222. The van der Waals surface area contributed by atoms with Crippen molar-refractivity contribution in [3.05, 3.63) is 53.6 Å². The number of rotatable bonds is 7. The first-order chi connectivity index (χ1) is 13.1. The van der Waals surface area contributed by atoms with Crippen molar-refractivity contribution < 1.29 is 9.53 Å². The van der Waals surface area contributed by atoms with Crippen LogP contribution in [0.2, 0.25) is 5.02 Å². The van der Waals surface area contributed by atoms with E-state index in [1.165, 1.54) is 11.8 Å². The van der Waals surface area contributed by atoms with Gasteiger partial charge < -0.3 is 10.1 Å². The highest BCUT2D eigenvalue weighted by Crippen LogP contribution is 2.25. The molecule has 0 fully saturated rings. The molecule has 27 heavy (non-hydrogen) atoms. The second-order valence-corrected chi connectivity index (χ2v) is 7.30. The fourth-order valence-electron chi connectivity index (χ4n) is 2.29. The molecule has 2 aromatic carbocycles. The number of carbonyl (C=O) groups excluding carboxylic acids is 1. The molecule has 1 aromatic heterocycles. The monoisotopic (exact) mass is 403 g/mol. The minimum Gasteiger partial charge on any atom is -0.494 e. The SMILES string of the molecule is CCOc1ccc(-n2nnnc2S[C@H](C)C(=O)Nc2cccc(Cl)c2)cc1. The molecule has 3 aromatic rings. The van der Waals surface area contributed by atoms with Crippen molar-refractivity contribution in [2.75, 3.05) is 11.9 Å². The zero-order valence-corrected chi connectivity index (χ0v) is 16.4. The molecule has 0 saturated carbocycles. The lowest BCUT2D eigenvalue weighted by Gasteiger charge is -2.12. The van der Waals surface area contributed by atoms with Crippen LogP contribution in [0, 0.1) is 0 Å². The van der Waals surface area contributed by atoms with Crippen LogP contribution < -0.4 is 10.1 Å². The number of benzene rings is 2. The van der Waals surface area contributed by atoms with Gasteiger partial charge >= 0.3 is 0 Å². The quantitative estimate of drug-likeness (QED) is 0.603. The van der Waals surface area contributed by atoms with Gasteiger partial charge in [-0.15, -0.1) is 5.10 Å². The molecule has 1 N–H and O–H groups in total. The Labute approximate surface area is 166 Å². The summed E-state index contributed by atoms with van der Waals surface area (Å²) in [5.74, 6) is 0.612. The molecule has 3 rings (SSSR count). The number of hydrogen-bond donors (Lipinski definition) is 1. The van der Waals surface area contributed by atoms with E-state index >= 15 is 0 Å².